The highest BCUT2D eigenvalue weighted by atomic mass is 79.9. The molecule has 62 valence electrons. The third-order valence-corrected chi connectivity index (χ3v) is 3.49. The smallest absolute Gasteiger partial charge is 0.116 e. The Bertz CT molecular complexity index is 233. The van der Waals surface area contributed by atoms with Crippen LogP contribution in [0.5, 0.6) is 0 Å². The van der Waals surface area contributed by atoms with Crippen LogP contribution in [0.1, 0.15) is 27.2 Å². The van der Waals surface area contributed by atoms with Gasteiger partial charge in [0.15, 0.2) is 0 Å². The molecule has 0 aromatic heterocycles. The summed E-state index contributed by atoms with van der Waals surface area (Å²) in [6, 6.07) is 0. The van der Waals surface area contributed by atoms with E-state index in [9.17, 15) is 0 Å². The lowest BCUT2D eigenvalue weighted by Crippen LogP contribution is -2.18. The Kier molecular flexibility index (Phi) is 2.59. The summed E-state index contributed by atoms with van der Waals surface area (Å²) in [4.78, 5) is 4.41. The molecule has 0 amide bonds. The maximum absolute atomic E-state index is 4.41. The van der Waals surface area contributed by atoms with Crippen LogP contribution in [0.25, 0.3) is 0 Å². The van der Waals surface area contributed by atoms with Crippen LogP contribution in [-0.2, 0) is 0 Å². The lowest BCUT2D eigenvalue weighted by Gasteiger charge is -2.17. The maximum atomic E-state index is 4.41. The van der Waals surface area contributed by atoms with Crippen molar-refractivity contribution in [3.8, 4) is 0 Å². The topological polar surface area (TPSA) is 12.4 Å². The van der Waals surface area contributed by atoms with E-state index in [4.69, 9.17) is 0 Å². The van der Waals surface area contributed by atoms with E-state index in [0.717, 1.165) is 15.5 Å². The molecule has 0 fully saturated rings. The van der Waals surface area contributed by atoms with Gasteiger partial charge in [0.25, 0.3) is 0 Å². The Morgan fingerprint density at radius 1 is 1.27 bits per heavy atom. The number of allylic oxidation sites excluding steroid dienone is 1. The highest BCUT2D eigenvalue weighted by Crippen LogP contribution is 2.34. The van der Waals surface area contributed by atoms with E-state index in [1.807, 2.05) is 0 Å². The van der Waals surface area contributed by atoms with Crippen LogP contribution in [0.3, 0.4) is 0 Å². The van der Waals surface area contributed by atoms with Gasteiger partial charge in [0.2, 0.25) is 0 Å². The van der Waals surface area contributed by atoms with Gasteiger partial charge in [-0.1, -0.05) is 36.7 Å². The molecule has 0 aliphatic carbocycles. The average molecular weight is 281 g/mol. The van der Waals surface area contributed by atoms with E-state index in [-0.39, 0.29) is 5.41 Å². The molecule has 11 heavy (non-hydrogen) atoms. The molecule has 1 aliphatic heterocycles. The molecule has 1 aliphatic rings. The Morgan fingerprint density at radius 2 is 1.82 bits per heavy atom. The van der Waals surface area contributed by atoms with Gasteiger partial charge in [-0.15, -0.1) is 0 Å². The normalized spacial score (nSPS) is 19.2. The molecule has 0 aromatic carbocycles. The standard InChI is InChI=1S/C8H11Br2N/c1-8(2,3)6-4-5(9)7(10)11-6/h4H2,1-3H3. The van der Waals surface area contributed by atoms with Crippen LogP contribution in [-0.4, -0.2) is 5.71 Å². The second-order valence-corrected chi connectivity index (χ2v) is 5.39. The van der Waals surface area contributed by atoms with Crippen molar-refractivity contribution in [1.82, 2.24) is 0 Å². The molecule has 0 unspecified atom stereocenters. The van der Waals surface area contributed by atoms with E-state index in [1.165, 1.54) is 5.71 Å². The van der Waals surface area contributed by atoms with Gasteiger partial charge in [-0.2, -0.15) is 0 Å². The predicted octanol–water partition coefficient (Wildman–Crippen LogP) is 3.84. The minimum absolute atomic E-state index is 0.189. The molecule has 3 heteroatoms. The molecule has 1 heterocycles. The zero-order valence-electron chi connectivity index (χ0n) is 6.91. The van der Waals surface area contributed by atoms with Crippen LogP contribution in [0.2, 0.25) is 0 Å². The Labute approximate surface area is 84.2 Å². The molecule has 0 spiro atoms. The zero-order valence-corrected chi connectivity index (χ0v) is 10.1. The average Bonchev–Trinajstić information content (AvgIpc) is 2.11. The summed E-state index contributed by atoms with van der Waals surface area (Å²) in [6.07, 6.45) is 0.948. The van der Waals surface area contributed by atoms with E-state index < -0.39 is 0 Å². The molecule has 1 nitrogen and oxygen atoms in total. The fraction of sp³-hybridized carbons (Fsp3) is 0.625. The van der Waals surface area contributed by atoms with Crippen molar-refractivity contribution in [1.29, 1.82) is 0 Å². The molecular formula is C8H11Br2N. The van der Waals surface area contributed by atoms with Crippen molar-refractivity contribution in [3.05, 3.63) is 9.09 Å². The fourth-order valence-corrected chi connectivity index (χ4v) is 1.58. The second-order valence-electron chi connectivity index (χ2n) is 3.68. The molecule has 0 bridgehead atoms. The van der Waals surface area contributed by atoms with Crippen molar-refractivity contribution in [2.24, 2.45) is 10.4 Å². The van der Waals surface area contributed by atoms with Gasteiger partial charge in [0, 0.05) is 22.0 Å². The third-order valence-electron chi connectivity index (χ3n) is 1.65. The van der Waals surface area contributed by atoms with Crippen LogP contribution in [0.4, 0.5) is 0 Å². The summed E-state index contributed by atoms with van der Waals surface area (Å²) < 4.78 is 2.10. The SMILES string of the molecule is CC(C)(C)C1=NC(Br)=C(Br)C1. The number of aliphatic imine (C=N–C) groups is 1. The zero-order chi connectivity index (χ0) is 8.65. The van der Waals surface area contributed by atoms with Crippen molar-refractivity contribution in [2.45, 2.75) is 27.2 Å². The Morgan fingerprint density at radius 3 is 2.00 bits per heavy atom. The molecule has 0 N–H and O–H groups in total. The van der Waals surface area contributed by atoms with Crippen molar-refractivity contribution < 1.29 is 0 Å². The summed E-state index contributed by atoms with van der Waals surface area (Å²) in [5.41, 5.74) is 1.42. The molecule has 0 saturated heterocycles. The fourth-order valence-electron chi connectivity index (χ4n) is 0.871. The largest absolute Gasteiger partial charge is 0.249 e. The summed E-state index contributed by atoms with van der Waals surface area (Å²) in [5.74, 6) is 0. The van der Waals surface area contributed by atoms with Crippen molar-refractivity contribution in [3.63, 3.8) is 0 Å². The number of hydrogen-bond acceptors (Lipinski definition) is 1. The Balaban J connectivity index is 2.80. The highest BCUT2D eigenvalue weighted by molar-refractivity contribution is 9.14. The second kappa shape index (κ2) is 3.02. The van der Waals surface area contributed by atoms with E-state index >= 15 is 0 Å². The minimum Gasteiger partial charge on any atom is -0.249 e. The maximum Gasteiger partial charge on any atom is 0.116 e. The minimum atomic E-state index is 0.189. The summed E-state index contributed by atoms with van der Waals surface area (Å²) in [6.45, 7) is 6.53. The molecule has 1 rings (SSSR count). The summed E-state index contributed by atoms with van der Waals surface area (Å²) in [5, 5.41) is 0. The Hall–Kier alpha value is 0.370. The van der Waals surface area contributed by atoms with Gasteiger partial charge < -0.3 is 0 Å². The van der Waals surface area contributed by atoms with Crippen LogP contribution in [0.15, 0.2) is 14.1 Å². The number of nitrogens with zero attached hydrogens (tertiary/aromatic N) is 1. The van der Waals surface area contributed by atoms with Crippen molar-refractivity contribution in [2.75, 3.05) is 0 Å². The van der Waals surface area contributed by atoms with E-state index in [1.54, 1.807) is 0 Å². The first-order valence-electron chi connectivity index (χ1n) is 3.53. The van der Waals surface area contributed by atoms with Crippen LogP contribution in [0, 0.1) is 5.41 Å². The number of rotatable bonds is 0. The van der Waals surface area contributed by atoms with Gasteiger partial charge in [0.1, 0.15) is 4.61 Å². The monoisotopic (exact) mass is 279 g/mol. The van der Waals surface area contributed by atoms with Crippen LogP contribution < -0.4 is 0 Å². The molecular weight excluding hydrogens is 270 g/mol. The van der Waals surface area contributed by atoms with Gasteiger partial charge in [-0.05, 0) is 15.9 Å². The third kappa shape index (κ3) is 2.15. The molecule has 0 saturated carbocycles. The summed E-state index contributed by atoms with van der Waals surface area (Å²) >= 11 is 6.84. The lowest BCUT2D eigenvalue weighted by atomic mass is 9.89. The van der Waals surface area contributed by atoms with Gasteiger partial charge in [-0.3, -0.25) is 0 Å². The molecule has 0 radical (unpaired) electrons. The van der Waals surface area contributed by atoms with Gasteiger partial charge in [-0.25, -0.2) is 4.99 Å². The van der Waals surface area contributed by atoms with Gasteiger partial charge in [0.05, 0.1) is 0 Å². The predicted molar refractivity (Wildman–Crippen MR) is 56.4 cm³/mol. The first-order valence-corrected chi connectivity index (χ1v) is 5.12. The number of hydrogen-bond donors (Lipinski definition) is 0. The first-order chi connectivity index (χ1) is 4.91. The van der Waals surface area contributed by atoms with E-state index in [2.05, 4.69) is 57.6 Å². The molecule has 0 aromatic rings. The first kappa shape index (κ1) is 9.46. The summed E-state index contributed by atoms with van der Waals surface area (Å²) in [7, 11) is 0. The van der Waals surface area contributed by atoms with Gasteiger partial charge >= 0.3 is 0 Å². The van der Waals surface area contributed by atoms with E-state index in [0.29, 0.717) is 0 Å². The highest BCUT2D eigenvalue weighted by Gasteiger charge is 2.24. The molecule has 0 atom stereocenters. The van der Waals surface area contributed by atoms with Crippen LogP contribution >= 0.6 is 31.9 Å². The number of halogens is 2. The van der Waals surface area contributed by atoms with Crippen molar-refractivity contribution >= 4 is 37.6 Å². The lowest BCUT2D eigenvalue weighted by molar-refractivity contribution is 0.585. The quantitative estimate of drug-likeness (QED) is 0.598.